The molecule has 0 radical (unpaired) electrons. The molecule has 1 unspecified atom stereocenters. The lowest BCUT2D eigenvalue weighted by molar-refractivity contribution is -0.155. The van der Waals surface area contributed by atoms with Gasteiger partial charge in [0.25, 0.3) is 0 Å². The number of aliphatic hydroxyl groups excluding tert-OH is 1. The molecule has 1 aliphatic rings. The number of rotatable bonds is 8. The van der Waals surface area contributed by atoms with Crippen LogP contribution in [-0.4, -0.2) is 39.3 Å². The molecule has 1 saturated carbocycles. The Morgan fingerprint density at radius 1 is 1.12 bits per heavy atom. The molecule has 0 heterocycles. The first-order valence-corrected chi connectivity index (χ1v) is 9.20. The van der Waals surface area contributed by atoms with Crippen molar-refractivity contribution in [3.63, 3.8) is 0 Å². The van der Waals surface area contributed by atoms with Crippen LogP contribution in [0.4, 0.5) is 0 Å². The van der Waals surface area contributed by atoms with Crippen molar-refractivity contribution < 1.29 is 24.6 Å². The van der Waals surface area contributed by atoms with Crippen LogP contribution in [0.3, 0.4) is 0 Å². The number of hydrogen-bond acceptors (Lipinski definition) is 5. The fourth-order valence-corrected chi connectivity index (χ4v) is 3.35. The van der Waals surface area contributed by atoms with Crippen molar-refractivity contribution in [2.75, 3.05) is 0 Å². The molecule has 146 valence electrons. The zero-order valence-corrected chi connectivity index (χ0v) is 16.7. The predicted molar refractivity (Wildman–Crippen MR) is 101 cm³/mol. The van der Waals surface area contributed by atoms with Crippen molar-refractivity contribution >= 4 is 17.3 Å². The van der Waals surface area contributed by atoms with Crippen LogP contribution in [0.2, 0.25) is 0 Å². The largest absolute Gasteiger partial charge is 0.389 e. The molecule has 0 bridgehead atoms. The van der Waals surface area contributed by atoms with Gasteiger partial charge in [-0.15, -0.1) is 0 Å². The van der Waals surface area contributed by atoms with Gasteiger partial charge in [0, 0.05) is 6.42 Å². The number of allylic oxidation sites excluding steroid dienone is 3. The van der Waals surface area contributed by atoms with E-state index in [0.717, 1.165) is 11.1 Å². The van der Waals surface area contributed by atoms with Gasteiger partial charge >= 0.3 is 0 Å². The second-order valence-electron chi connectivity index (χ2n) is 8.19. The molecule has 1 aliphatic carbocycles. The van der Waals surface area contributed by atoms with Gasteiger partial charge in [0.1, 0.15) is 5.92 Å². The molecule has 2 N–H and O–H groups in total. The van der Waals surface area contributed by atoms with Gasteiger partial charge < -0.3 is 10.2 Å². The minimum absolute atomic E-state index is 0.00335. The van der Waals surface area contributed by atoms with E-state index in [-0.39, 0.29) is 25.2 Å². The van der Waals surface area contributed by atoms with Crippen LogP contribution in [0, 0.1) is 17.8 Å². The summed E-state index contributed by atoms with van der Waals surface area (Å²) in [6, 6.07) is 0. The van der Waals surface area contributed by atoms with Crippen LogP contribution in [0.5, 0.6) is 0 Å². The lowest BCUT2D eigenvalue weighted by Crippen LogP contribution is -2.52. The number of ketones is 3. The Bertz CT molecular complexity index is 620. The summed E-state index contributed by atoms with van der Waals surface area (Å²) in [6.45, 7) is 11.0. The summed E-state index contributed by atoms with van der Waals surface area (Å²) in [6.07, 6.45) is 2.30. The highest BCUT2D eigenvalue weighted by Gasteiger charge is 2.63. The molecule has 26 heavy (non-hydrogen) atoms. The SMILES string of the molecule is CC(C)=CC[C@@H](O)[C@]1(O)C(=O)C(C(=O)CC(C)C)C(=O)[C@H]1CC=C(C)C. The van der Waals surface area contributed by atoms with E-state index in [1.165, 1.54) is 0 Å². The summed E-state index contributed by atoms with van der Waals surface area (Å²) in [4.78, 5) is 38.2. The molecule has 0 amide bonds. The van der Waals surface area contributed by atoms with Gasteiger partial charge in [0.2, 0.25) is 0 Å². The maximum absolute atomic E-state index is 12.9. The Balaban J connectivity index is 3.30. The highest BCUT2D eigenvalue weighted by molar-refractivity contribution is 6.27. The van der Waals surface area contributed by atoms with Gasteiger partial charge in [-0.1, -0.05) is 37.1 Å². The molecule has 0 spiro atoms. The molecule has 0 saturated heterocycles. The van der Waals surface area contributed by atoms with E-state index in [1.807, 2.05) is 41.5 Å². The summed E-state index contributed by atoms with van der Waals surface area (Å²) >= 11 is 0. The molecule has 0 aliphatic heterocycles. The first-order chi connectivity index (χ1) is 11.9. The average molecular weight is 364 g/mol. The van der Waals surface area contributed by atoms with Gasteiger partial charge in [-0.2, -0.15) is 0 Å². The van der Waals surface area contributed by atoms with E-state index < -0.39 is 40.9 Å². The number of carbonyl (C=O) groups is 3. The first kappa shape index (κ1) is 22.5. The zero-order chi connectivity index (χ0) is 20.2. The van der Waals surface area contributed by atoms with Crippen LogP contribution in [-0.2, 0) is 14.4 Å². The van der Waals surface area contributed by atoms with Crippen molar-refractivity contribution in [3.8, 4) is 0 Å². The zero-order valence-electron chi connectivity index (χ0n) is 16.7. The lowest BCUT2D eigenvalue weighted by atomic mass is 9.80. The van der Waals surface area contributed by atoms with E-state index in [1.54, 1.807) is 12.2 Å². The molecule has 0 aromatic heterocycles. The average Bonchev–Trinajstić information content (AvgIpc) is 2.69. The third kappa shape index (κ3) is 4.77. The quantitative estimate of drug-likeness (QED) is 0.510. The molecule has 1 rings (SSSR count). The summed E-state index contributed by atoms with van der Waals surface area (Å²) in [5, 5.41) is 21.7. The Hall–Kier alpha value is -1.59. The van der Waals surface area contributed by atoms with E-state index in [4.69, 9.17) is 0 Å². The van der Waals surface area contributed by atoms with Gasteiger partial charge in [0.05, 0.1) is 12.0 Å². The molecule has 0 aromatic carbocycles. The van der Waals surface area contributed by atoms with Gasteiger partial charge in [-0.3, -0.25) is 14.4 Å². The molecule has 1 fully saturated rings. The maximum atomic E-state index is 12.9. The molecular weight excluding hydrogens is 332 g/mol. The molecule has 0 aromatic rings. The second kappa shape index (κ2) is 8.87. The fraction of sp³-hybridized carbons (Fsp3) is 0.667. The summed E-state index contributed by atoms with van der Waals surface area (Å²) in [7, 11) is 0. The Kier molecular flexibility index (Phi) is 7.66. The van der Waals surface area contributed by atoms with Crippen LogP contribution in [0.1, 0.15) is 60.8 Å². The van der Waals surface area contributed by atoms with Crippen molar-refractivity contribution in [2.24, 2.45) is 17.8 Å². The standard InChI is InChI=1S/C21H32O5/c1-12(2)7-9-15-19(24)18(16(22)11-14(5)6)20(25)21(15,26)17(23)10-8-13(3)4/h7-8,14-15,17-18,23,26H,9-11H2,1-6H3/t15-,17-,18?,21+/m1/s1. The third-order valence-electron chi connectivity index (χ3n) is 4.77. The van der Waals surface area contributed by atoms with Crippen LogP contribution in [0.15, 0.2) is 23.3 Å². The highest BCUT2D eigenvalue weighted by atomic mass is 16.4. The summed E-state index contributed by atoms with van der Waals surface area (Å²) in [5.41, 5.74) is -0.368. The van der Waals surface area contributed by atoms with Crippen molar-refractivity contribution in [1.82, 2.24) is 0 Å². The summed E-state index contributed by atoms with van der Waals surface area (Å²) in [5.74, 6) is -4.47. The number of Topliss-reactive ketones (excluding diaryl/α,β-unsaturated/α-hetero) is 3. The maximum Gasteiger partial charge on any atom is 0.185 e. The molecular formula is C21H32O5. The van der Waals surface area contributed by atoms with Crippen molar-refractivity contribution in [3.05, 3.63) is 23.3 Å². The smallest absolute Gasteiger partial charge is 0.185 e. The monoisotopic (exact) mass is 364 g/mol. The Morgan fingerprint density at radius 2 is 1.65 bits per heavy atom. The topological polar surface area (TPSA) is 91.7 Å². The van der Waals surface area contributed by atoms with E-state index in [2.05, 4.69) is 0 Å². The van der Waals surface area contributed by atoms with E-state index >= 15 is 0 Å². The van der Waals surface area contributed by atoms with Crippen molar-refractivity contribution in [1.29, 1.82) is 0 Å². The normalized spacial score (nSPS) is 26.8. The van der Waals surface area contributed by atoms with Crippen LogP contribution in [0.25, 0.3) is 0 Å². The van der Waals surface area contributed by atoms with Crippen LogP contribution >= 0.6 is 0 Å². The van der Waals surface area contributed by atoms with Gasteiger partial charge in [-0.05, 0) is 46.5 Å². The Labute approximate surface area is 156 Å². The molecule has 5 nitrogen and oxygen atoms in total. The first-order valence-electron chi connectivity index (χ1n) is 9.20. The second-order valence-corrected chi connectivity index (χ2v) is 8.19. The number of hydrogen-bond donors (Lipinski definition) is 2. The predicted octanol–water partition coefficient (Wildman–Crippen LogP) is 2.79. The van der Waals surface area contributed by atoms with Gasteiger partial charge in [0.15, 0.2) is 23.0 Å². The van der Waals surface area contributed by atoms with E-state index in [0.29, 0.717) is 0 Å². The minimum atomic E-state index is -2.23. The van der Waals surface area contributed by atoms with Gasteiger partial charge in [-0.25, -0.2) is 0 Å². The van der Waals surface area contributed by atoms with Crippen LogP contribution < -0.4 is 0 Å². The Morgan fingerprint density at radius 3 is 2.12 bits per heavy atom. The van der Waals surface area contributed by atoms with Crippen molar-refractivity contribution in [2.45, 2.75) is 72.5 Å². The molecule has 5 heteroatoms. The lowest BCUT2D eigenvalue weighted by Gasteiger charge is -2.31. The number of carbonyl (C=O) groups excluding carboxylic acids is 3. The molecule has 4 atom stereocenters. The number of aliphatic hydroxyl groups is 2. The van der Waals surface area contributed by atoms with E-state index in [9.17, 15) is 24.6 Å². The third-order valence-corrected chi connectivity index (χ3v) is 4.77. The highest BCUT2D eigenvalue weighted by Crippen LogP contribution is 2.41. The minimum Gasteiger partial charge on any atom is -0.389 e. The fourth-order valence-electron chi connectivity index (χ4n) is 3.35. The summed E-state index contributed by atoms with van der Waals surface area (Å²) < 4.78 is 0.